The van der Waals surface area contributed by atoms with Gasteiger partial charge in [-0.2, -0.15) is 0 Å². The maximum Gasteiger partial charge on any atom is 0.269 e. The quantitative estimate of drug-likeness (QED) is 0.436. The molecule has 31 heavy (non-hydrogen) atoms. The van der Waals surface area contributed by atoms with Crippen LogP contribution in [0.5, 0.6) is 0 Å². The number of ketones is 1. The van der Waals surface area contributed by atoms with E-state index in [0.717, 1.165) is 49.5 Å². The first-order valence-electron chi connectivity index (χ1n) is 10.7. The zero-order valence-electron chi connectivity index (χ0n) is 17.5. The number of carbonyl (C=O) groups is 2. The van der Waals surface area contributed by atoms with Gasteiger partial charge < -0.3 is 10.2 Å². The number of piperazine rings is 1. The van der Waals surface area contributed by atoms with E-state index in [9.17, 15) is 19.7 Å². The Bertz CT molecular complexity index is 997. The van der Waals surface area contributed by atoms with E-state index in [-0.39, 0.29) is 23.4 Å². The van der Waals surface area contributed by atoms with E-state index in [1.54, 1.807) is 12.1 Å². The molecule has 8 nitrogen and oxygen atoms in total. The lowest BCUT2D eigenvalue weighted by atomic mass is 9.95. The molecule has 0 aliphatic carbocycles. The molecule has 0 saturated carbocycles. The van der Waals surface area contributed by atoms with Gasteiger partial charge in [0.05, 0.1) is 11.0 Å². The molecule has 0 spiro atoms. The number of nitro groups is 1. The predicted octanol–water partition coefficient (Wildman–Crippen LogP) is 3.26. The van der Waals surface area contributed by atoms with Crippen molar-refractivity contribution in [2.75, 3.05) is 36.4 Å². The zero-order chi connectivity index (χ0) is 22.0. The van der Waals surface area contributed by atoms with Crippen LogP contribution in [0.25, 0.3) is 0 Å². The Balaban J connectivity index is 1.41. The van der Waals surface area contributed by atoms with E-state index in [4.69, 9.17) is 0 Å². The number of aryl methyl sites for hydroxylation is 1. The Hall–Kier alpha value is -3.26. The van der Waals surface area contributed by atoms with E-state index < -0.39 is 4.92 Å². The molecule has 1 unspecified atom stereocenters. The molecule has 0 radical (unpaired) electrons. The average molecular weight is 422 g/mol. The third kappa shape index (κ3) is 4.44. The number of Topliss-reactive ketones (excluding diaryl/α,β-unsaturated/α-hetero) is 1. The fourth-order valence-electron chi connectivity index (χ4n) is 4.42. The summed E-state index contributed by atoms with van der Waals surface area (Å²) in [6.07, 6.45) is 1.84. The van der Waals surface area contributed by atoms with Crippen LogP contribution in [0, 0.1) is 10.1 Å². The van der Waals surface area contributed by atoms with E-state index in [0.29, 0.717) is 18.4 Å². The maximum atomic E-state index is 13.3. The van der Waals surface area contributed by atoms with Crippen LogP contribution in [0.4, 0.5) is 17.1 Å². The van der Waals surface area contributed by atoms with Crippen LogP contribution < -0.4 is 10.2 Å². The molecule has 1 atom stereocenters. The van der Waals surface area contributed by atoms with Crippen LogP contribution in [0.3, 0.4) is 0 Å². The fraction of sp³-hybridized carbons (Fsp3) is 0.391. The minimum Gasteiger partial charge on any atom is -0.369 e. The molecule has 2 heterocycles. The van der Waals surface area contributed by atoms with E-state index in [1.807, 2.05) is 25.1 Å². The molecule has 0 bridgehead atoms. The highest BCUT2D eigenvalue weighted by Gasteiger charge is 2.29. The lowest BCUT2D eigenvalue weighted by molar-refractivity contribution is -0.384. The van der Waals surface area contributed by atoms with Crippen molar-refractivity contribution in [3.63, 3.8) is 0 Å². The highest BCUT2D eigenvalue weighted by atomic mass is 16.6. The summed E-state index contributed by atoms with van der Waals surface area (Å²) in [7, 11) is 0. The summed E-state index contributed by atoms with van der Waals surface area (Å²) in [5, 5.41) is 13.7. The molecular formula is C23H26N4O4. The number of benzene rings is 2. The summed E-state index contributed by atoms with van der Waals surface area (Å²) in [5.41, 5.74) is 3.56. The summed E-state index contributed by atoms with van der Waals surface area (Å²) in [4.78, 5) is 39.7. The molecule has 1 N–H and O–H groups in total. The predicted molar refractivity (Wildman–Crippen MR) is 119 cm³/mol. The number of nitrogens with zero attached hydrogens (tertiary/aromatic N) is 3. The second kappa shape index (κ2) is 8.85. The van der Waals surface area contributed by atoms with Crippen molar-refractivity contribution in [2.45, 2.75) is 32.2 Å². The highest BCUT2D eigenvalue weighted by Crippen LogP contribution is 2.26. The summed E-state index contributed by atoms with van der Waals surface area (Å²) < 4.78 is 0. The second-order valence-electron chi connectivity index (χ2n) is 8.00. The van der Waals surface area contributed by atoms with Gasteiger partial charge in [-0.25, -0.2) is 0 Å². The number of rotatable bonds is 6. The standard InChI is InChI=1S/C23H26N4O4/c1-2-21(23(29)17-3-9-20-16(15-17)4-10-22(28)24-20)26-13-11-25(12-14-26)18-5-7-19(8-6-18)27(30)31/h3,5-9,15,21H,2,4,10-14H2,1H3,(H,24,28). The van der Waals surface area contributed by atoms with Crippen LogP contribution in [-0.2, 0) is 11.2 Å². The van der Waals surface area contributed by atoms with Crippen LogP contribution in [0.2, 0.25) is 0 Å². The first kappa shape index (κ1) is 21.0. The third-order valence-corrected chi connectivity index (χ3v) is 6.16. The van der Waals surface area contributed by atoms with Gasteiger partial charge in [-0.1, -0.05) is 6.92 Å². The second-order valence-corrected chi connectivity index (χ2v) is 8.00. The molecule has 8 heteroatoms. The molecule has 1 fully saturated rings. The Morgan fingerprint density at radius 1 is 1.10 bits per heavy atom. The van der Waals surface area contributed by atoms with E-state index in [2.05, 4.69) is 15.1 Å². The molecule has 0 aromatic heterocycles. The molecule has 2 aromatic rings. The maximum absolute atomic E-state index is 13.3. The van der Waals surface area contributed by atoms with Crippen molar-refractivity contribution >= 4 is 28.8 Å². The summed E-state index contributed by atoms with van der Waals surface area (Å²) in [6.45, 7) is 5.06. The smallest absolute Gasteiger partial charge is 0.269 e. The van der Waals surface area contributed by atoms with E-state index >= 15 is 0 Å². The molecule has 2 aromatic carbocycles. The normalized spacial score (nSPS) is 17.6. The highest BCUT2D eigenvalue weighted by molar-refractivity contribution is 6.01. The largest absolute Gasteiger partial charge is 0.369 e. The lowest BCUT2D eigenvalue weighted by Crippen LogP contribution is -2.52. The summed E-state index contributed by atoms with van der Waals surface area (Å²) in [5.74, 6) is 0.134. The van der Waals surface area contributed by atoms with Crippen LogP contribution in [-0.4, -0.2) is 53.7 Å². The van der Waals surface area contributed by atoms with Gasteiger partial charge in [-0.3, -0.25) is 24.6 Å². The van der Waals surface area contributed by atoms with Crippen molar-refractivity contribution in [3.05, 3.63) is 63.7 Å². The zero-order valence-corrected chi connectivity index (χ0v) is 17.5. The van der Waals surface area contributed by atoms with Crippen molar-refractivity contribution in [3.8, 4) is 0 Å². The number of carbonyl (C=O) groups excluding carboxylic acids is 2. The SMILES string of the molecule is CCC(C(=O)c1ccc2c(c1)CCC(=O)N2)N1CCN(c2ccc([N+](=O)[O-])cc2)CC1. The van der Waals surface area contributed by atoms with Gasteiger partial charge in [0, 0.05) is 61.7 Å². The topological polar surface area (TPSA) is 95.8 Å². The van der Waals surface area contributed by atoms with Crippen LogP contribution in [0.1, 0.15) is 35.7 Å². The average Bonchev–Trinajstić information content (AvgIpc) is 2.79. The molecule has 1 amide bonds. The molecular weight excluding hydrogens is 396 g/mol. The van der Waals surface area contributed by atoms with Gasteiger partial charge in [0.2, 0.25) is 5.91 Å². The van der Waals surface area contributed by atoms with E-state index in [1.165, 1.54) is 12.1 Å². The first-order chi connectivity index (χ1) is 15.0. The van der Waals surface area contributed by atoms with Gasteiger partial charge in [0.25, 0.3) is 5.69 Å². The Labute approximate surface area is 181 Å². The first-order valence-corrected chi connectivity index (χ1v) is 10.7. The van der Waals surface area contributed by atoms with Gasteiger partial charge in [0.15, 0.2) is 5.78 Å². The van der Waals surface area contributed by atoms with Gasteiger partial charge >= 0.3 is 0 Å². The van der Waals surface area contributed by atoms with Crippen molar-refractivity contribution in [1.29, 1.82) is 0 Å². The number of hydrogen-bond donors (Lipinski definition) is 1. The van der Waals surface area contributed by atoms with Gasteiger partial charge in [0.1, 0.15) is 0 Å². The van der Waals surface area contributed by atoms with Gasteiger partial charge in [-0.15, -0.1) is 0 Å². The van der Waals surface area contributed by atoms with Crippen molar-refractivity contribution < 1.29 is 14.5 Å². The third-order valence-electron chi connectivity index (χ3n) is 6.16. The van der Waals surface area contributed by atoms with Gasteiger partial charge in [-0.05, 0) is 48.7 Å². The molecule has 2 aliphatic heterocycles. The Morgan fingerprint density at radius 3 is 2.45 bits per heavy atom. The molecule has 1 saturated heterocycles. The van der Waals surface area contributed by atoms with Crippen LogP contribution >= 0.6 is 0 Å². The minimum absolute atomic E-state index is 0.0175. The molecule has 2 aliphatic rings. The molecule has 162 valence electrons. The van der Waals surface area contributed by atoms with Crippen LogP contribution in [0.15, 0.2) is 42.5 Å². The number of amides is 1. The number of nitro benzene ring substituents is 1. The number of anilines is 2. The minimum atomic E-state index is -0.395. The monoisotopic (exact) mass is 422 g/mol. The lowest BCUT2D eigenvalue weighted by Gasteiger charge is -2.39. The number of fused-ring (bicyclic) bond motifs is 1. The fourth-order valence-corrected chi connectivity index (χ4v) is 4.42. The summed E-state index contributed by atoms with van der Waals surface area (Å²) in [6, 6.07) is 12.0. The molecule has 4 rings (SSSR count). The summed E-state index contributed by atoms with van der Waals surface area (Å²) >= 11 is 0. The number of hydrogen-bond acceptors (Lipinski definition) is 6. The number of nitrogens with one attached hydrogen (secondary N) is 1. The van der Waals surface area contributed by atoms with Crippen molar-refractivity contribution in [2.24, 2.45) is 0 Å². The number of non-ortho nitro benzene ring substituents is 1. The Morgan fingerprint density at radius 2 is 1.81 bits per heavy atom. The Kier molecular flexibility index (Phi) is 5.99. The van der Waals surface area contributed by atoms with Crippen molar-refractivity contribution in [1.82, 2.24) is 4.90 Å².